The Morgan fingerprint density at radius 2 is 2.05 bits per heavy atom. The van der Waals surface area contributed by atoms with Crippen molar-refractivity contribution in [2.24, 2.45) is 23.7 Å². The molecule has 2 heteroatoms. The summed E-state index contributed by atoms with van der Waals surface area (Å²) in [6.45, 7) is 3.17. The summed E-state index contributed by atoms with van der Waals surface area (Å²) in [5, 5.41) is 4.01. The third kappa shape index (κ3) is 1.81. The van der Waals surface area contributed by atoms with Crippen LogP contribution in [0.5, 0.6) is 5.75 Å². The van der Waals surface area contributed by atoms with Crippen molar-refractivity contribution >= 4 is 0 Å². The summed E-state index contributed by atoms with van der Waals surface area (Å²) >= 11 is 0. The minimum absolute atomic E-state index is 0.533. The monoisotopic (exact) mass is 283 g/mol. The number of rotatable bonds is 4. The Hall–Kier alpha value is -1.02. The predicted octanol–water partition coefficient (Wildman–Crippen LogP) is 3.71. The number of ether oxygens (including phenoxy) is 1. The van der Waals surface area contributed by atoms with Gasteiger partial charge in [0.1, 0.15) is 5.75 Å². The molecule has 112 valence electrons. The summed E-state index contributed by atoms with van der Waals surface area (Å²) in [4.78, 5) is 0. The second-order valence-electron chi connectivity index (χ2n) is 7.61. The van der Waals surface area contributed by atoms with Crippen LogP contribution in [0.2, 0.25) is 0 Å². The van der Waals surface area contributed by atoms with Gasteiger partial charge < -0.3 is 10.1 Å². The lowest BCUT2D eigenvalue weighted by molar-refractivity contribution is 0.356. The molecule has 5 unspecified atom stereocenters. The van der Waals surface area contributed by atoms with Gasteiger partial charge in [-0.15, -0.1) is 0 Å². The molecule has 1 heterocycles. The van der Waals surface area contributed by atoms with Crippen molar-refractivity contribution in [3.05, 3.63) is 29.3 Å². The van der Waals surface area contributed by atoms with Crippen LogP contribution in [0.15, 0.2) is 18.2 Å². The molecule has 0 spiro atoms. The minimum Gasteiger partial charge on any atom is -0.493 e. The highest BCUT2D eigenvalue weighted by atomic mass is 16.5. The Bertz CT molecular complexity index is 553. The Balaban J connectivity index is 1.33. The third-order valence-corrected chi connectivity index (χ3v) is 6.65. The molecule has 0 radical (unpaired) electrons. The van der Waals surface area contributed by atoms with Crippen molar-refractivity contribution < 1.29 is 4.74 Å². The van der Waals surface area contributed by atoms with Gasteiger partial charge in [0, 0.05) is 18.5 Å². The summed E-state index contributed by atoms with van der Waals surface area (Å²) in [7, 11) is 0. The van der Waals surface area contributed by atoms with E-state index in [9.17, 15) is 0 Å². The fourth-order valence-corrected chi connectivity index (χ4v) is 5.65. The molecule has 4 aliphatic rings. The molecule has 1 aromatic carbocycles. The topological polar surface area (TPSA) is 21.3 Å². The Morgan fingerprint density at radius 3 is 2.81 bits per heavy atom. The van der Waals surface area contributed by atoms with E-state index in [-0.39, 0.29) is 0 Å². The van der Waals surface area contributed by atoms with Gasteiger partial charge in [0.2, 0.25) is 0 Å². The summed E-state index contributed by atoms with van der Waals surface area (Å²) in [6.07, 6.45) is 6.83. The SMILES string of the molecule is CCC(NC1C2C3CCC(C3)C12)c1ccc2c(c1)CCO2. The van der Waals surface area contributed by atoms with Gasteiger partial charge in [-0.05, 0) is 66.5 Å². The molecule has 3 aliphatic carbocycles. The molecule has 1 aliphatic heterocycles. The zero-order valence-electron chi connectivity index (χ0n) is 12.8. The van der Waals surface area contributed by atoms with Gasteiger partial charge >= 0.3 is 0 Å². The molecule has 1 N–H and O–H groups in total. The molecule has 3 saturated carbocycles. The van der Waals surface area contributed by atoms with Gasteiger partial charge in [-0.3, -0.25) is 0 Å². The molecule has 3 fully saturated rings. The summed E-state index contributed by atoms with van der Waals surface area (Å²) in [5.74, 6) is 5.27. The number of hydrogen-bond acceptors (Lipinski definition) is 2. The zero-order chi connectivity index (χ0) is 14.0. The summed E-state index contributed by atoms with van der Waals surface area (Å²) in [5.41, 5.74) is 2.88. The van der Waals surface area contributed by atoms with Gasteiger partial charge in [-0.1, -0.05) is 19.1 Å². The molecular weight excluding hydrogens is 258 g/mol. The van der Waals surface area contributed by atoms with Crippen molar-refractivity contribution in [1.82, 2.24) is 5.32 Å². The minimum atomic E-state index is 0.533. The van der Waals surface area contributed by atoms with Gasteiger partial charge in [-0.25, -0.2) is 0 Å². The highest BCUT2D eigenvalue weighted by Gasteiger charge is 2.64. The van der Waals surface area contributed by atoms with Crippen LogP contribution in [-0.2, 0) is 6.42 Å². The molecule has 5 rings (SSSR count). The standard InChI is InChI=1S/C19H25NO/c1-2-15(11-5-6-16-12(9-11)7-8-21-16)20-19-17-13-3-4-14(10-13)18(17)19/h5-6,9,13-15,17-20H,2-4,7-8,10H2,1H3. The maximum absolute atomic E-state index is 5.64. The first-order valence-corrected chi connectivity index (χ1v) is 8.87. The fourth-order valence-electron chi connectivity index (χ4n) is 5.65. The zero-order valence-corrected chi connectivity index (χ0v) is 12.8. The lowest BCUT2D eigenvalue weighted by atomic mass is 9.99. The highest BCUT2D eigenvalue weighted by molar-refractivity contribution is 5.41. The molecule has 2 bridgehead atoms. The van der Waals surface area contributed by atoms with E-state index in [1.807, 2.05) is 0 Å². The summed E-state index contributed by atoms with van der Waals surface area (Å²) in [6, 6.07) is 8.20. The molecular formula is C19H25NO. The van der Waals surface area contributed by atoms with Gasteiger partial charge in [0.15, 0.2) is 0 Å². The number of hydrogen-bond donors (Lipinski definition) is 1. The van der Waals surface area contributed by atoms with Crippen LogP contribution in [0.25, 0.3) is 0 Å². The lowest BCUT2D eigenvalue weighted by Gasteiger charge is -2.20. The summed E-state index contributed by atoms with van der Waals surface area (Å²) < 4.78 is 5.64. The first-order valence-electron chi connectivity index (χ1n) is 8.87. The van der Waals surface area contributed by atoms with Crippen LogP contribution in [-0.4, -0.2) is 12.6 Å². The van der Waals surface area contributed by atoms with Crippen LogP contribution >= 0.6 is 0 Å². The Kier molecular flexibility index (Phi) is 2.67. The van der Waals surface area contributed by atoms with Crippen LogP contribution in [0, 0.1) is 23.7 Å². The lowest BCUT2D eigenvalue weighted by Crippen LogP contribution is -2.27. The number of nitrogens with one attached hydrogen (secondary N) is 1. The molecule has 1 aromatic rings. The van der Waals surface area contributed by atoms with Crippen molar-refractivity contribution in [3.8, 4) is 5.75 Å². The van der Waals surface area contributed by atoms with E-state index < -0.39 is 0 Å². The molecule has 0 saturated heterocycles. The normalized spacial score (nSPS) is 39.8. The fraction of sp³-hybridized carbons (Fsp3) is 0.684. The van der Waals surface area contributed by atoms with E-state index in [0.717, 1.165) is 48.5 Å². The van der Waals surface area contributed by atoms with E-state index in [1.165, 1.54) is 30.4 Å². The smallest absolute Gasteiger partial charge is 0.122 e. The molecule has 0 amide bonds. The second kappa shape index (κ2) is 4.49. The Labute approximate surface area is 127 Å². The second-order valence-corrected chi connectivity index (χ2v) is 7.61. The van der Waals surface area contributed by atoms with Crippen LogP contribution in [0.1, 0.15) is 49.8 Å². The van der Waals surface area contributed by atoms with Crippen molar-refractivity contribution in [2.75, 3.05) is 6.61 Å². The largest absolute Gasteiger partial charge is 0.493 e. The number of benzene rings is 1. The van der Waals surface area contributed by atoms with Gasteiger partial charge in [0.25, 0.3) is 0 Å². The third-order valence-electron chi connectivity index (χ3n) is 6.65. The van der Waals surface area contributed by atoms with Crippen molar-refractivity contribution in [2.45, 2.75) is 51.1 Å². The van der Waals surface area contributed by atoms with E-state index >= 15 is 0 Å². The van der Waals surface area contributed by atoms with Crippen LogP contribution in [0.4, 0.5) is 0 Å². The predicted molar refractivity (Wildman–Crippen MR) is 83.4 cm³/mol. The first-order chi connectivity index (χ1) is 10.3. The molecule has 5 atom stereocenters. The van der Waals surface area contributed by atoms with E-state index in [4.69, 9.17) is 4.74 Å². The maximum Gasteiger partial charge on any atom is 0.122 e. The van der Waals surface area contributed by atoms with E-state index in [1.54, 1.807) is 6.42 Å². The van der Waals surface area contributed by atoms with Crippen LogP contribution < -0.4 is 10.1 Å². The van der Waals surface area contributed by atoms with E-state index in [0.29, 0.717) is 6.04 Å². The molecule has 0 aromatic heterocycles. The van der Waals surface area contributed by atoms with E-state index in [2.05, 4.69) is 30.4 Å². The maximum atomic E-state index is 5.64. The number of fused-ring (bicyclic) bond motifs is 6. The average molecular weight is 283 g/mol. The quantitative estimate of drug-likeness (QED) is 0.909. The van der Waals surface area contributed by atoms with Crippen molar-refractivity contribution in [3.63, 3.8) is 0 Å². The Morgan fingerprint density at radius 1 is 1.24 bits per heavy atom. The highest BCUT2D eigenvalue weighted by Crippen LogP contribution is 2.66. The average Bonchev–Trinajstić information content (AvgIpc) is 2.94. The van der Waals surface area contributed by atoms with Gasteiger partial charge in [-0.2, -0.15) is 0 Å². The van der Waals surface area contributed by atoms with Crippen LogP contribution in [0.3, 0.4) is 0 Å². The first kappa shape index (κ1) is 12.5. The van der Waals surface area contributed by atoms with Gasteiger partial charge in [0.05, 0.1) is 6.61 Å². The molecule has 21 heavy (non-hydrogen) atoms. The van der Waals surface area contributed by atoms with Crippen molar-refractivity contribution in [1.29, 1.82) is 0 Å². The molecule has 2 nitrogen and oxygen atoms in total.